The van der Waals surface area contributed by atoms with Crippen LogP contribution in [0, 0.1) is 0 Å². The van der Waals surface area contributed by atoms with Gasteiger partial charge < -0.3 is 19.1 Å². The lowest BCUT2D eigenvalue weighted by molar-refractivity contribution is -0.182. The Balaban J connectivity index is 1.71. The van der Waals surface area contributed by atoms with Crippen molar-refractivity contribution < 1.29 is 24.2 Å². The number of hydrogen-bond donors (Lipinski definition) is 2. The van der Waals surface area contributed by atoms with E-state index < -0.39 is 19.6 Å². The molecule has 0 aliphatic carbocycles. The molecule has 0 amide bonds. The molecule has 2 aliphatic heterocycles. The van der Waals surface area contributed by atoms with Crippen LogP contribution in [0.25, 0.3) is 22.3 Å². The summed E-state index contributed by atoms with van der Waals surface area (Å²) in [4.78, 5) is 36.7. The number of nitrogens with two attached hydrogens (primary N) is 1. The van der Waals surface area contributed by atoms with Crippen molar-refractivity contribution in [2.24, 2.45) is 5.90 Å². The van der Waals surface area contributed by atoms with E-state index >= 15 is 0 Å². The van der Waals surface area contributed by atoms with Crippen LogP contribution in [0.2, 0.25) is 25.7 Å². The summed E-state index contributed by atoms with van der Waals surface area (Å²) in [7, 11) is -1.38. The minimum atomic E-state index is -1.52. The van der Waals surface area contributed by atoms with Gasteiger partial charge in [0.05, 0.1) is 35.6 Å². The zero-order valence-corrected chi connectivity index (χ0v) is 23.4. The number of cyclic esters (lactones) is 1. The third-order valence-electron chi connectivity index (χ3n) is 7.64. The molecule has 10 heteroatoms. The van der Waals surface area contributed by atoms with Gasteiger partial charge in [0.25, 0.3) is 5.56 Å². The first-order valence-corrected chi connectivity index (χ1v) is 16.9. The quantitative estimate of drug-likeness (QED) is 0.144. The van der Waals surface area contributed by atoms with Crippen molar-refractivity contribution in [2.45, 2.75) is 70.6 Å². The summed E-state index contributed by atoms with van der Waals surface area (Å²) in [5, 5.41) is 10.1. The molecule has 0 unspecified atom stereocenters. The van der Waals surface area contributed by atoms with Gasteiger partial charge >= 0.3 is 5.97 Å². The molecule has 9 nitrogen and oxygen atoms in total. The summed E-state index contributed by atoms with van der Waals surface area (Å²) in [5.74, 6) is 5.77. The van der Waals surface area contributed by atoms with Crippen molar-refractivity contribution in [1.82, 2.24) is 9.55 Å². The van der Waals surface area contributed by atoms with Gasteiger partial charge in [-0.25, -0.2) is 15.7 Å². The third-order valence-corrected chi connectivity index (χ3v) is 9.39. The lowest BCUT2D eigenvalue weighted by Gasteiger charge is -2.34. The zero-order chi connectivity index (χ0) is 27.2. The number of benzene rings is 1. The Kier molecular flexibility index (Phi) is 6.93. The number of pyridine rings is 2. The molecule has 1 atom stereocenters. The highest BCUT2D eigenvalue weighted by Crippen LogP contribution is 2.42. The van der Waals surface area contributed by atoms with Crippen molar-refractivity contribution >= 4 is 24.9 Å². The number of aryl methyl sites for hydroxylation is 1. The molecule has 2 aliphatic rings. The first kappa shape index (κ1) is 26.5. The molecule has 0 fully saturated rings. The fourth-order valence-electron chi connectivity index (χ4n) is 5.45. The maximum atomic E-state index is 13.7. The van der Waals surface area contributed by atoms with Crippen molar-refractivity contribution in [3.63, 3.8) is 0 Å². The summed E-state index contributed by atoms with van der Waals surface area (Å²) in [6.07, 6.45) is 1.66. The molecule has 3 aromatic rings. The number of esters is 1. The second-order valence-electron chi connectivity index (χ2n) is 11.3. The fraction of sp³-hybridized carbons (Fsp3) is 0.464. The molecular weight excluding hydrogens is 502 g/mol. The van der Waals surface area contributed by atoms with Crippen LogP contribution in [0.15, 0.2) is 29.1 Å². The monoisotopic (exact) mass is 537 g/mol. The maximum Gasteiger partial charge on any atom is 0.345 e. The highest BCUT2D eigenvalue weighted by molar-refractivity contribution is 6.76. The summed E-state index contributed by atoms with van der Waals surface area (Å²) >= 11 is 0. The van der Waals surface area contributed by atoms with E-state index in [1.807, 2.05) is 24.3 Å². The number of carbonyl (C=O) groups excluding carboxylic acids is 1. The Labute approximate surface area is 222 Å². The third kappa shape index (κ3) is 4.35. The van der Waals surface area contributed by atoms with Crippen LogP contribution in [-0.4, -0.2) is 41.9 Å². The Hall–Kier alpha value is -3.05. The lowest BCUT2D eigenvalue weighted by Crippen LogP contribution is -2.47. The van der Waals surface area contributed by atoms with Gasteiger partial charge in [-0.3, -0.25) is 9.63 Å². The molecule has 38 heavy (non-hydrogen) atoms. The summed E-state index contributed by atoms with van der Waals surface area (Å²) < 4.78 is 12.9. The van der Waals surface area contributed by atoms with E-state index in [1.54, 1.807) is 11.5 Å². The Morgan fingerprint density at radius 1 is 1.21 bits per heavy atom. The number of aliphatic hydroxyl groups excluding tert-OH is 1. The SMILES string of the molecule is CC[C@@]1(ON)C(=O)OCc2c1cc1n(c2=O)Cc2c-1nc1ccc(OCCCO)cc1c2CC[Si](C)(C)C. The van der Waals surface area contributed by atoms with Gasteiger partial charge in [-0.05, 0) is 42.7 Å². The molecule has 0 radical (unpaired) electrons. The summed E-state index contributed by atoms with van der Waals surface area (Å²) in [6, 6.07) is 8.77. The molecule has 202 valence electrons. The number of nitrogens with zero attached hydrogens (tertiary/aromatic N) is 2. The number of fused-ring (bicyclic) bond motifs is 5. The number of aliphatic hydroxyl groups is 1. The summed E-state index contributed by atoms with van der Waals surface area (Å²) in [6.45, 7) is 9.62. The number of aromatic nitrogens is 2. The Morgan fingerprint density at radius 3 is 2.68 bits per heavy atom. The molecule has 2 aromatic heterocycles. The van der Waals surface area contributed by atoms with Crippen molar-refractivity contribution in [1.29, 1.82) is 0 Å². The van der Waals surface area contributed by atoms with Gasteiger partial charge in [0, 0.05) is 37.6 Å². The first-order chi connectivity index (χ1) is 18.1. The van der Waals surface area contributed by atoms with E-state index in [-0.39, 0.29) is 25.2 Å². The molecule has 0 saturated carbocycles. The van der Waals surface area contributed by atoms with Crippen molar-refractivity contribution in [3.8, 4) is 17.1 Å². The second kappa shape index (κ2) is 9.92. The van der Waals surface area contributed by atoms with Gasteiger partial charge in [-0.2, -0.15) is 0 Å². The maximum absolute atomic E-state index is 13.7. The van der Waals surface area contributed by atoms with E-state index in [0.717, 1.165) is 40.4 Å². The van der Waals surface area contributed by atoms with Gasteiger partial charge in [-0.1, -0.05) is 32.6 Å². The zero-order valence-electron chi connectivity index (χ0n) is 22.4. The molecule has 3 N–H and O–H groups in total. The van der Waals surface area contributed by atoms with E-state index in [2.05, 4.69) is 19.6 Å². The number of ether oxygens (including phenoxy) is 2. The number of rotatable bonds is 9. The molecule has 1 aromatic carbocycles. The van der Waals surface area contributed by atoms with Crippen LogP contribution >= 0.6 is 0 Å². The predicted octanol–water partition coefficient (Wildman–Crippen LogP) is 3.62. The van der Waals surface area contributed by atoms with Gasteiger partial charge in [-0.15, -0.1) is 0 Å². The molecule has 0 bridgehead atoms. The largest absolute Gasteiger partial charge is 0.493 e. The molecular formula is C28H35N3O6Si. The minimum Gasteiger partial charge on any atom is -0.493 e. The summed E-state index contributed by atoms with van der Waals surface area (Å²) in [5.41, 5.74) is 3.53. The molecule has 4 heterocycles. The molecule has 0 spiro atoms. The van der Waals surface area contributed by atoms with Crippen LogP contribution < -0.4 is 16.2 Å². The second-order valence-corrected chi connectivity index (χ2v) is 16.9. The van der Waals surface area contributed by atoms with E-state index in [1.165, 1.54) is 5.56 Å². The van der Waals surface area contributed by atoms with E-state index in [4.69, 9.17) is 30.3 Å². The van der Waals surface area contributed by atoms with Gasteiger partial charge in [0.15, 0.2) is 0 Å². The van der Waals surface area contributed by atoms with Crippen molar-refractivity contribution in [2.75, 3.05) is 13.2 Å². The standard InChI is InChI=1S/C28H35N3O6Si/c1-5-28(37-29)22-14-24-25-20(15-31(24)26(33)21(22)16-36-27(28)34)18(9-12-38(2,3)4)19-13-17(35-11-6-10-32)7-8-23(19)30-25/h7-8,13-14,32H,5-6,9-12,15-16,29H2,1-4H3/t28-/m0/s1. The average Bonchev–Trinajstić information content (AvgIpc) is 3.25. The first-order valence-electron chi connectivity index (χ1n) is 13.2. The van der Waals surface area contributed by atoms with Crippen LogP contribution in [0.5, 0.6) is 5.75 Å². The van der Waals surface area contributed by atoms with Crippen LogP contribution in [0.1, 0.15) is 42.0 Å². The van der Waals surface area contributed by atoms with Gasteiger partial charge in [0.2, 0.25) is 5.60 Å². The smallest absolute Gasteiger partial charge is 0.345 e. The molecule has 0 saturated heterocycles. The number of hydrogen-bond acceptors (Lipinski definition) is 8. The predicted molar refractivity (Wildman–Crippen MR) is 147 cm³/mol. The van der Waals surface area contributed by atoms with Crippen LogP contribution in [0.4, 0.5) is 0 Å². The topological polar surface area (TPSA) is 126 Å². The average molecular weight is 538 g/mol. The lowest BCUT2D eigenvalue weighted by atomic mass is 9.85. The van der Waals surface area contributed by atoms with E-state index in [9.17, 15) is 9.59 Å². The van der Waals surface area contributed by atoms with Crippen LogP contribution in [0.3, 0.4) is 0 Å². The normalized spacial score (nSPS) is 18.2. The molecule has 5 rings (SSSR count). The minimum absolute atomic E-state index is 0.0756. The Morgan fingerprint density at radius 2 is 2.00 bits per heavy atom. The highest BCUT2D eigenvalue weighted by Gasteiger charge is 2.48. The van der Waals surface area contributed by atoms with E-state index in [0.29, 0.717) is 36.4 Å². The van der Waals surface area contributed by atoms with Crippen molar-refractivity contribution in [3.05, 3.63) is 56.9 Å². The fourth-order valence-corrected chi connectivity index (χ4v) is 6.45. The van der Waals surface area contributed by atoms with Crippen LogP contribution in [-0.2, 0) is 39.5 Å². The highest BCUT2D eigenvalue weighted by atomic mass is 28.3. The number of carbonyl (C=O) groups is 1. The Bertz CT molecular complexity index is 1470. The van der Waals surface area contributed by atoms with Gasteiger partial charge in [0.1, 0.15) is 12.4 Å².